The van der Waals surface area contributed by atoms with Gasteiger partial charge in [-0.05, 0) is 29.8 Å². The Morgan fingerprint density at radius 2 is 1.81 bits per heavy atom. The molecule has 0 radical (unpaired) electrons. The van der Waals surface area contributed by atoms with Gasteiger partial charge in [0.05, 0.1) is 11.4 Å². The third-order valence-electron chi connectivity index (χ3n) is 3.83. The molecule has 0 bridgehead atoms. The molecule has 0 aliphatic heterocycles. The number of nitrogens with zero attached hydrogens (tertiary/aromatic N) is 5. The van der Waals surface area contributed by atoms with Crippen molar-refractivity contribution in [1.82, 2.24) is 30.1 Å². The molecule has 4 aromatic rings. The van der Waals surface area contributed by atoms with E-state index in [1.165, 1.54) is 11.8 Å². The van der Waals surface area contributed by atoms with Gasteiger partial charge in [0, 0.05) is 12.7 Å². The summed E-state index contributed by atoms with van der Waals surface area (Å²) in [5.41, 5.74) is 3.18. The normalized spacial score (nSPS) is 10.8. The van der Waals surface area contributed by atoms with E-state index in [1.807, 2.05) is 60.7 Å². The van der Waals surface area contributed by atoms with Crippen molar-refractivity contribution in [2.45, 2.75) is 11.7 Å². The van der Waals surface area contributed by atoms with Gasteiger partial charge in [0.2, 0.25) is 11.1 Å². The van der Waals surface area contributed by atoms with E-state index >= 15 is 0 Å². The molecule has 1 aromatic carbocycles. The number of thioether (sulfide) groups is 1. The number of benzene rings is 1. The summed E-state index contributed by atoms with van der Waals surface area (Å²) in [5.74, 6) is 0.171. The minimum absolute atomic E-state index is 0.0681. The van der Waals surface area contributed by atoms with E-state index in [0.717, 1.165) is 17.0 Å². The number of hydrogen-bond acceptors (Lipinski definition) is 6. The zero-order valence-corrected chi connectivity index (χ0v) is 15.1. The Hall–Kier alpha value is -3.26. The van der Waals surface area contributed by atoms with E-state index < -0.39 is 0 Å². The minimum Gasteiger partial charge on any atom is -0.351 e. The molecule has 0 unspecified atom stereocenters. The highest BCUT2D eigenvalue weighted by Gasteiger charge is 2.12. The Bertz CT molecular complexity index is 1050. The van der Waals surface area contributed by atoms with Crippen LogP contribution in [0.5, 0.6) is 0 Å². The molecule has 3 aromatic heterocycles. The summed E-state index contributed by atoms with van der Waals surface area (Å²) < 4.78 is 1.64. The van der Waals surface area contributed by atoms with E-state index in [2.05, 4.69) is 25.6 Å². The number of carbonyl (C=O) groups is 1. The minimum atomic E-state index is -0.0681. The van der Waals surface area contributed by atoms with Crippen LogP contribution in [0.1, 0.15) is 5.56 Å². The highest BCUT2D eigenvalue weighted by atomic mass is 32.2. The van der Waals surface area contributed by atoms with Crippen molar-refractivity contribution in [1.29, 1.82) is 0 Å². The van der Waals surface area contributed by atoms with Crippen LogP contribution in [0.25, 0.3) is 17.0 Å². The maximum Gasteiger partial charge on any atom is 0.230 e. The number of rotatable bonds is 6. The van der Waals surface area contributed by atoms with Crippen molar-refractivity contribution >= 4 is 23.3 Å². The van der Waals surface area contributed by atoms with Gasteiger partial charge in [0.15, 0.2) is 5.65 Å². The summed E-state index contributed by atoms with van der Waals surface area (Å²) in [5, 5.41) is 16.3. The van der Waals surface area contributed by atoms with Crippen LogP contribution >= 0.6 is 11.8 Å². The van der Waals surface area contributed by atoms with E-state index in [4.69, 9.17) is 0 Å². The fourth-order valence-corrected chi connectivity index (χ4v) is 3.21. The fourth-order valence-electron chi connectivity index (χ4n) is 2.49. The average Bonchev–Trinajstić information content (AvgIpc) is 3.14. The summed E-state index contributed by atoms with van der Waals surface area (Å²) in [6, 6.07) is 19.1. The predicted molar refractivity (Wildman–Crippen MR) is 103 cm³/mol. The van der Waals surface area contributed by atoms with Crippen LogP contribution in [0.3, 0.4) is 0 Å². The molecule has 0 atom stereocenters. The smallest absolute Gasteiger partial charge is 0.230 e. The SMILES string of the molecule is O=C(CSc1nnc2ccc(-c3ccccn3)nn12)NCc1ccccc1. The standard InChI is InChI=1S/C19H16N6OS/c26-18(21-12-14-6-2-1-3-7-14)13-27-19-23-22-17-10-9-16(24-25(17)19)15-8-4-5-11-20-15/h1-11H,12-13H2,(H,21,26). The lowest BCUT2D eigenvalue weighted by atomic mass is 10.2. The third kappa shape index (κ3) is 4.12. The molecule has 27 heavy (non-hydrogen) atoms. The van der Waals surface area contributed by atoms with E-state index in [0.29, 0.717) is 17.3 Å². The first-order chi connectivity index (χ1) is 13.3. The summed E-state index contributed by atoms with van der Waals surface area (Å²) in [6.45, 7) is 0.503. The summed E-state index contributed by atoms with van der Waals surface area (Å²) in [6.07, 6.45) is 1.72. The average molecular weight is 376 g/mol. The van der Waals surface area contributed by atoms with Crippen LogP contribution in [0.4, 0.5) is 0 Å². The highest BCUT2D eigenvalue weighted by Crippen LogP contribution is 2.19. The number of carbonyl (C=O) groups excluding carboxylic acids is 1. The first-order valence-electron chi connectivity index (χ1n) is 8.37. The molecule has 1 N–H and O–H groups in total. The van der Waals surface area contributed by atoms with Crippen LogP contribution < -0.4 is 5.32 Å². The fraction of sp³-hybridized carbons (Fsp3) is 0.105. The van der Waals surface area contributed by atoms with Gasteiger partial charge in [-0.1, -0.05) is 48.2 Å². The van der Waals surface area contributed by atoms with Gasteiger partial charge in [-0.15, -0.1) is 10.2 Å². The molecule has 0 aliphatic rings. The monoisotopic (exact) mass is 376 g/mol. The first kappa shape index (κ1) is 17.2. The molecule has 0 aliphatic carbocycles. The van der Waals surface area contributed by atoms with Crippen molar-refractivity contribution in [2.24, 2.45) is 0 Å². The van der Waals surface area contributed by atoms with Gasteiger partial charge in [-0.25, -0.2) is 0 Å². The lowest BCUT2D eigenvalue weighted by Crippen LogP contribution is -2.24. The quantitative estimate of drug-likeness (QED) is 0.521. The van der Waals surface area contributed by atoms with Crippen LogP contribution in [-0.2, 0) is 11.3 Å². The Balaban J connectivity index is 1.43. The Morgan fingerprint density at radius 1 is 0.963 bits per heavy atom. The molecule has 0 fully saturated rings. The van der Waals surface area contributed by atoms with E-state index in [-0.39, 0.29) is 11.7 Å². The van der Waals surface area contributed by atoms with Crippen LogP contribution in [0, 0.1) is 0 Å². The molecule has 7 nitrogen and oxygen atoms in total. The van der Waals surface area contributed by atoms with Gasteiger partial charge >= 0.3 is 0 Å². The summed E-state index contributed by atoms with van der Waals surface area (Å²) in [7, 11) is 0. The third-order valence-corrected chi connectivity index (χ3v) is 4.75. The molecule has 4 rings (SSSR count). The second kappa shape index (κ2) is 7.96. The zero-order valence-electron chi connectivity index (χ0n) is 14.3. The van der Waals surface area contributed by atoms with Crippen molar-refractivity contribution in [3.63, 3.8) is 0 Å². The van der Waals surface area contributed by atoms with Gasteiger partial charge in [0.1, 0.15) is 5.69 Å². The summed E-state index contributed by atoms with van der Waals surface area (Å²) >= 11 is 1.30. The van der Waals surface area contributed by atoms with E-state index in [1.54, 1.807) is 10.7 Å². The van der Waals surface area contributed by atoms with Gasteiger partial charge < -0.3 is 5.32 Å². The second-order valence-electron chi connectivity index (χ2n) is 5.74. The molecule has 1 amide bonds. The van der Waals surface area contributed by atoms with Crippen LogP contribution in [0.2, 0.25) is 0 Å². The summed E-state index contributed by atoms with van der Waals surface area (Å²) in [4.78, 5) is 16.4. The lowest BCUT2D eigenvalue weighted by molar-refractivity contribution is -0.118. The Labute approximate surface area is 159 Å². The topological polar surface area (TPSA) is 85.1 Å². The predicted octanol–water partition coefficient (Wildman–Crippen LogP) is 2.59. The Morgan fingerprint density at radius 3 is 2.63 bits per heavy atom. The van der Waals surface area contributed by atoms with Crippen molar-refractivity contribution < 1.29 is 4.79 Å². The zero-order chi connectivity index (χ0) is 18.5. The Kier molecular flexibility index (Phi) is 5.06. The number of nitrogens with one attached hydrogen (secondary N) is 1. The van der Waals surface area contributed by atoms with Gasteiger partial charge in [0.25, 0.3) is 0 Å². The number of fused-ring (bicyclic) bond motifs is 1. The highest BCUT2D eigenvalue weighted by molar-refractivity contribution is 7.99. The van der Waals surface area contributed by atoms with Crippen LogP contribution in [0.15, 0.2) is 72.0 Å². The molecule has 0 spiro atoms. The van der Waals surface area contributed by atoms with Crippen molar-refractivity contribution in [3.8, 4) is 11.4 Å². The molecular formula is C19H16N6OS. The largest absolute Gasteiger partial charge is 0.351 e. The van der Waals surface area contributed by atoms with Crippen molar-refractivity contribution in [3.05, 3.63) is 72.4 Å². The molecule has 3 heterocycles. The molecule has 0 saturated heterocycles. The van der Waals surface area contributed by atoms with Crippen molar-refractivity contribution in [2.75, 3.05) is 5.75 Å². The van der Waals surface area contributed by atoms with Gasteiger partial charge in [-0.3, -0.25) is 9.78 Å². The first-order valence-corrected chi connectivity index (χ1v) is 9.35. The second-order valence-corrected chi connectivity index (χ2v) is 6.68. The molecular weight excluding hydrogens is 360 g/mol. The molecule has 0 saturated carbocycles. The number of hydrogen-bond donors (Lipinski definition) is 1. The van der Waals surface area contributed by atoms with Gasteiger partial charge in [-0.2, -0.15) is 9.61 Å². The number of pyridine rings is 1. The molecule has 134 valence electrons. The van der Waals surface area contributed by atoms with Crippen LogP contribution in [-0.4, -0.2) is 36.5 Å². The van der Waals surface area contributed by atoms with E-state index in [9.17, 15) is 4.79 Å². The number of aromatic nitrogens is 5. The lowest BCUT2D eigenvalue weighted by Gasteiger charge is -2.05. The maximum atomic E-state index is 12.1. The molecule has 8 heteroatoms. The maximum absolute atomic E-state index is 12.1. The number of amides is 1.